The number of piperazine rings is 1. The lowest BCUT2D eigenvalue weighted by Gasteiger charge is -2.41. The van der Waals surface area contributed by atoms with Gasteiger partial charge >= 0.3 is 6.09 Å². The molecule has 1 fully saturated rings. The third kappa shape index (κ3) is 5.32. The van der Waals surface area contributed by atoms with Gasteiger partial charge in [-0.15, -0.1) is 0 Å². The van der Waals surface area contributed by atoms with Gasteiger partial charge in [0.2, 0.25) is 0 Å². The summed E-state index contributed by atoms with van der Waals surface area (Å²) in [5.41, 5.74) is 5.26. The number of ether oxygens (including phenoxy) is 1. The Labute approximate surface area is 114 Å². The van der Waals surface area contributed by atoms with Gasteiger partial charge < -0.3 is 15.4 Å². The van der Waals surface area contributed by atoms with E-state index in [4.69, 9.17) is 10.5 Å². The molecule has 0 aromatic rings. The highest BCUT2D eigenvalue weighted by Gasteiger charge is 2.30. The molecule has 112 valence electrons. The van der Waals surface area contributed by atoms with E-state index < -0.39 is 5.60 Å². The molecule has 0 saturated carbocycles. The second-order valence-electron chi connectivity index (χ2n) is 5.89. The highest BCUT2D eigenvalue weighted by atomic mass is 19.1. The molecular formula is C13H26FN3O2. The molecule has 0 aliphatic carbocycles. The average Bonchev–Trinajstić information content (AvgIpc) is 2.34. The van der Waals surface area contributed by atoms with Gasteiger partial charge in [-0.1, -0.05) is 0 Å². The van der Waals surface area contributed by atoms with Crippen LogP contribution < -0.4 is 5.73 Å². The average molecular weight is 275 g/mol. The van der Waals surface area contributed by atoms with Crippen LogP contribution in [-0.4, -0.2) is 66.9 Å². The summed E-state index contributed by atoms with van der Waals surface area (Å²) in [6, 6.07) is 0.0906. The number of amides is 1. The third-order valence-electron chi connectivity index (χ3n) is 3.11. The smallest absolute Gasteiger partial charge is 0.410 e. The Hall–Kier alpha value is -0.880. The van der Waals surface area contributed by atoms with Crippen molar-refractivity contribution >= 4 is 6.09 Å². The monoisotopic (exact) mass is 275 g/mol. The summed E-state index contributed by atoms with van der Waals surface area (Å²) < 4.78 is 17.6. The maximum Gasteiger partial charge on any atom is 0.410 e. The summed E-state index contributed by atoms with van der Waals surface area (Å²) >= 11 is 0. The van der Waals surface area contributed by atoms with E-state index in [1.54, 1.807) is 4.90 Å². The van der Waals surface area contributed by atoms with Crippen LogP contribution in [0.5, 0.6) is 0 Å². The van der Waals surface area contributed by atoms with Gasteiger partial charge in [0.1, 0.15) is 5.60 Å². The third-order valence-corrected chi connectivity index (χ3v) is 3.11. The Morgan fingerprint density at radius 1 is 1.42 bits per heavy atom. The Kier molecular flexibility index (Phi) is 6.00. The fourth-order valence-electron chi connectivity index (χ4n) is 2.17. The first-order valence-electron chi connectivity index (χ1n) is 6.85. The van der Waals surface area contributed by atoms with Crippen LogP contribution in [0.25, 0.3) is 0 Å². The van der Waals surface area contributed by atoms with Crippen LogP contribution in [0.3, 0.4) is 0 Å². The minimum absolute atomic E-state index is 0.0906. The molecule has 1 aliphatic heterocycles. The van der Waals surface area contributed by atoms with Crippen molar-refractivity contribution in [2.24, 2.45) is 5.73 Å². The highest BCUT2D eigenvalue weighted by molar-refractivity contribution is 5.68. The number of rotatable bonds is 4. The molecule has 1 heterocycles. The summed E-state index contributed by atoms with van der Waals surface area (Å²) in [6.07, 6.45) is 0.222. The summed E-state index contributed by atoms with van der Waals surface area (Å²) in [5.74, 6) is 0. The standard InChI is InChI=1S/C13H26FN3O2/c1-13(2,3)19-12(18)17-8-7-16(6-4-5-14)11(9-15)10-17/h11H,4-10,15H2,1-3H3. The van der Waals surface area contributed by atoms with E-state index in [2.05, 4.69) is 4.90 Å². The zero-order chi connectivity index (χ0) is 14.5. The van der Waals surface area contributed by atoms with Gasteiger partial charge in [-0.05, 0) is 27.2 Å². The van der Waals surface area contributed by atoms with Crippen LogP contribution in [-0.2, 0) is 4.74 Å². The molecule has 1 atom stereocenters. The Balaban J connectivity index is 2.51. The zero-order valence-electron chi connectivity index (χ0n) is 12.2. The molecule has 5 nitrogen and oxygen atoms in total. The van der Waals surface area contributed by atoms with Gasteiger partial charge in [0.25, 0.3) is 0 Å². The molecule has 0 aromatic heterocycles. The number of nitrogens with two attached hydrogens (primary N) is 1. The highest BCUT2D eigenvalue weighted by Crippen LogP contribution is 2.14. The lowest BCUT2D eigenvalue weighted by molar-refractivity contribution is 0.00444. The van der Waals surface area contributed by atoms with Crippen LogP contribution in [0.1, 0.15) is 27.2 Å². The Bertz CT molecular complexity index is 294. The Morgan fingerprint density at radius 2 is 2.11 bits per heavy atom. The van der Waals surface area contributed by atoms with Crippen LogP contribution >= 0.6 is 0 Å². The first-order chi connectivity index (χ1) is 8.87. The molecule has 0 bridgehead atoms. The summed E-state index contributed by atoms with van der Waals surface area (Å²) in [6.45, 7) is 8.28. The van der Waals surface area contributed by atoms with E-state index in [0.29, 0.717) is 32.6 Å². The second-order valence-corrected chi connectivity index (χ2v) is 5.89. The molecule has 0 radical (unpaired) electrons. The SMILES string of the molecule is CC(C)(C)OC(=O)N1CCN(CCCF)C(CN)C1. The number of hydrogen-bond donors (Lipinski definition) is 1. The summed E-state index contributed by atoms with van der Waals surface area (Å²) in [4.78, 5) is 15.8. The van der Waals surface area contributed by atoms with Gasteiger partial charge in [-0.25, -0.2) is 4.79 Å². The van der Waals surface area contributed by atoms with Crippen molar-refractivity contribution in [3.8, 4) is 0 Å². The molecule has 1 amide bonds. The van der Waals surface area contributed by atoms with Crippen molar-refractivity contribution in [1.29, 1.82) is 0 Å². The van der Waals surface area contributed by atoms with E-state index in [1.165, 1.54) is 0 Å². The quantitative estimate of drug-likeness (QED) is 0.838. The molecule has 2 N–H and O–H groups in total. The maximum absolute atomic E-state index is 12.2. The fraction of sp³-hybridized carbons (Fsp3) is 0.923. The molecule has 0 aromatic carbocycles. The van der Waals surface area contributed by atoms with Gasteiger partial charge in [-0.3, -0.25) is 9.29 Å². The van der Waals surface area contributed by atoms with Crippen molar-refractivity contribution < 1.29 is 13.9 Å². The number of nitrogens with zero attached hydrogens (tertiary/aromatic N) is 2. The number of halogens is 1. The topological polar surface area (TPSA) is 58.8 Å². The van der Waals surface area contributed by atoms with E-state index >= 15 is 0 Å². The first-order valence-corrected chi connectivity index (χ1v) is 6.85. The van der Waals surface area contributed by atoms with Gasteiger partial charge in [-0.2, -0.15) is 0 Å². The van der Waals surface area contributed by atoms with Gasteiger partial charge in [0.15, 0.2) is 0 Å². The van der Waals surface area contributed by atoms with Gasteiger partial charge in [0, 0.05) is 38.8 Å². The van der Waals surface area contributed by atoms with Crippen LogP contribution in [0.2, 0.25) is 0 Å². The second kappa shape index (κ2) is 7.05. The number of carbonyl (C=O) groups is 1. The molecule has 1 unspecified atom stereocenters. The lowest BCUT2D eigenvalue weighted by atomic mass is 10.1. The lowest BCUT2D eigenvalue weighted by Crippen LogP contribution is -2.58. The number of alkyl halides is 1. The molecule has 19 heavy (non-hydrogen) atoms. The summed E-state index contributed by atoms with van der Waals surface area (Å²) in [5, 5.41) is 0. The first kappa shape index (κ1) is 16.2. The fourth-order valence-corrected chi connectivity index (χ4v) is 2.17. The van der Waals surface area contributed by atoms with Crippen molar-refractivity contribution in [1.82, 2.24) is 9.80 Å². The van der Waals surface area contributed by atoms with Crippen molar-refractivity contribution in [3.05, 3.63) is 0 Å². The Morgan fingerprint density at radius 3 is 2.63 bits per heavy atom. The molecule has 6 heteroatoms. The minimum Gasteiger partial charge on any atom is -0.444 e. The largest absolute Gasteiger partial charge is 0.444 e. The molecule has 1 saturated heterocycles. The molecular weight excluding hydrogens is 249 g/mol. The number of hydrogen-bond acceptors (Lipinski definition) is 4. The number of carbonyl (C=O) groups excluding carboxylic acids is 1. The molecule has 0 spiro atoms. The zero-order valence-corrected chi connectivity index (χ0v) is 12.2. The molecule has 1 aliphatic rings. The van der Waals surface area contributed by atoms with Crippen molar-refractivity contribution in [3.63, 3.8) is 0 Å². The van der Waals surface area contributed by atoms with Gasteiger partial charge in [0.05, 0.1) is 6.67 Å². The minimum atomic E-state index is -0.485. The molecule has 1 rings (SSSR count). The predicted molar refractivity (Wildman–Crippen MR) is 72.8 cm³/mol. The van der Waals surface area contributed by atoms with Crippen LogP contribution in [0.4, 0.5) is 9.18 Å². The van der Waals surface area contributed by atoms with Crippen molar-refractivity contribution in [2.75, 3.05) is 39.4 Å². The van der Waals surface area contributed by atoms with Crippen LogP contribution in [0.15, 0.2) is 0 Å². The van der Waals surface area contributed by atoms with E-state index in [0.717, 1.165) is 6.54 Å². The van der Waals surface area contributed by atoms with Crippen molar-refractivity contribution in [2.45, 2.75) is 38.8 Å². The normalized spacial score (nSPS) is 21.5. The van der Waals surface area contributed by atoms with Crippen LogP contribution in [0, 0.1) is 0 Å². The van der Waals surface area contributed by atoms with E-state index in [9.17, 15) is 9.18 Å². The predicted octanol–water partition coefficient (Wildman–Crippen LogP) is 1.23. The van der Waals surface area contributed by atoms with E-state index in [-0.39, 0.29) is 18.8 Å². The summed E-state index contributed by atoms with van der Waals surface area (Å²) in [7, 11) is 0. The maximum atomic E-state index is 12.2. The van der Waals surface area contributed by atoms with E-state index in [1.807, 2.05) is 20.8 Å².